The number of amides is 2. The molecule has 31 heavy (non-hydrogen) atoms. The summed E-state index contributed by atoms with van der Waals surface area (Å²) >= 11 is 0. The topological polar surface area (TPSA) is 85.2 Å². The molecule has 1 heterocycles. The number of rotatable bonds is 5. The van der Waals surface area contributed by atoms with Gasteiger partial charge in [-0.2, -0.15) is 5.10 Å². The zero-order chi connectivity index (χ0) is 21.6. The molecule has 0 spiro atoms. The molecular weight excluding hydrogens is 392 g/mol. The maximum Gasteiger partial charge on any atom is 0.290 e. The summed E-state index contributed by atoms with van der Waals surface area (Å²) in [5.74, 6) is -0.209. The van der Waals surface area contributed by atoms with Crippen LogP contribution >= 0.6 is 0 Å². The Balaban J connectivity index is 1.61. The first kappa shape index (κ1) is 19.9. The van der Waals surface area contributed by atoms with Crippen molar-refractivity contribution in [3.63, 3.8) is 0 Å². The number of hydrazine groups is 1. The second kappa shape index (κ2) is 8.96. The maximum absolute atomic E-state index is 12.7. The predicted molar refractivity (Wildman–Crippen MR) is 117 cm³/mol. The molecule has 7 heteroatoms. The van der Waals surface area contributed by atoms with E-state index in [1.165, 1.54) is 0 Å². The molecule has 3 aromatic carbocycles. The largest absolute Gasteiger partial charge is 0.497 e. The average Bonchev–Trinajstić information content (AvgIpc) is 3.29. The van der Waals surface area contributed by atoms with Crippen molar-refractivity contribution in [2.24, 2.45) is 0 Å². The molecule has 0 radical (unpaired) electrons. The second-order valence-electron chi connectivity index (χ2n) is 6.66. The lowest BCUT2D eigenvalue weighted by Gasteiger charge is -2.08. The van der Waals surface area contributed by atoms with Gasteiger partial charge in [-0.15, -0.1) is 0 Å². The van der Waals surface area contributed by atoms with E-state index in [0.29, 0.717) is 5.56 Å². The number of nitrogens with one attached hydrogen (secondary N) is 2. The number of carbonyl (C=O) groups is 2. The van der Waals surface area contributed by atoms with E-state index < -0.39 is 11.8 Å². The molecule has 0 aliphatic carbocycles. The van der Waals surface area contributed by atoms with Gasteiger partial charge in [0.15, 0.2) is 5.69 Å². The van der Waals surface area contributed by atoms with Gasteiger partial charge in [0.2, 0.25) is 0 Å². The summed E-state index contributed by atoms with van der Waals surface area (Å²) in [6.07, 6.45) is 0. The first-order valence-electron chi connectivity index (χ1n) is 9.61. The van der Waals surface area contributed by atoms with Crippen molar-refractivity contribution in [2.75, 3.05) is 7.11 Å². The van der Waals surface area contributed by atoms with E-state index in [-0.39, 0.29) is 5.69 Å². The summed E-state index contributed by atoms with van der Waals surface area (Å²) in [4.78, 5) is 24.9. The molecule has 0 saturated heterocycles. The highest BCUT2D eigenvalue weighted by Gasteiger charge is 2.17. The molecule has 0 aliphatic rings. The van der Waals surface area contributed by atoms with Crippen molar-refractivity contribution in [1.82, 2.24) is 20.6 Å². The minimum absolute atomic E-state index is 0.169. The Morgan fingerprint density at radius 3 is 2.06 bits per heavy atom. The third-order valence-corrected chi connectivity index (χ3v) is 4.65. The minimum atomic E-state index is -0.520. The van der Waals surface area contributed by atoms with Gasteiger partial charge in [0.1, 0.15) is 5.75 Å². The van der Waals surface area contributed by atoms with E-state index in [0.717, 1.165) is 22.7 Å². The van der Waals surface area contributed by atoms with Crippen LogP contribution in [0.15, 0.2) is 91.0 Å². The fourth-order valence-corrected chi connectivity index (χ4v) is 3.07. The van der Waals surface area contributed by atoms with E-state index in [2.05, 4.69) is 16.0 Å². The van der Waals surface area contributed by atoms with E-state index in [1.54, 1.807) is 42.1 Å². The zero-order valence-electron chi connectivity index (χ0n) is 16.8. The van der Waals surface area contributed by atoms with Crippen LogP contribution in [-0.4, -0.2) is 28.7 Å². The number of ether oxygens (including phenoxy) is 1. The predicted octanol–water partition coefficient (Wildman–Crippen LogP) is 3.62. The minimum Gasteiger partial charge on any atom is -0.497 e. The smallest absolute Gasteiger partial charge is 0.290 e. The molecular formula is C24H20N4O3. The number of nitrogens with zero attached hydrogens (tertiary/aromatic N) is 2. The standard InChI is InChI=1S/C24H20N4O3/c1-31-20-14-12-19(13-15-20)28-22(17-8-4-2-5-9-17)16-21(27-28)24(30)26-25-23(29)18-10-6-3-7-11-18/h2-16H,1H3,(H,25,29)(H,26,30). The number of benzene rings is 3. The fourth-order valence-electron chi connectivity index (χ4n) is 3.07. The zero-order valence-corrected chi connectivity index (χ0v) is 16.8. The van der Waals surface area contributed by atoms with Gasteiger partial charge >= 0.3 is 0 Å². The summed E-state index contributed by atoms with van der Waals surface area (Å²) in [6.45, 7) is 0. The van der Waals surface area contributed by atoms with Crippen LogP contribution in [0.25, 0.3) is 16.9 Å². The van der Waals surface area contributed by atoms with Crippen molar-refractivity contribution < 1.29 is 14.3 Å². The average molecular weight is 412 g/mol. The van der Waals surface area contributed by atoms with Gasteiger partial charge in [0.05, 0.1) is 18.5 Å². The molecule has 0 bridgehead atoms. The molecule has 2 amide bonds. The highest BCUT2D eigenvalue weighted by atomic mass is 16.5. The summed E-state index contributed by atoms with van der Waals surface area (Å²) in [5, 5.41) is 4.48. The Morgan fingerprint density at radius 2 is 1.42 bits per heavy atom. The van der Waals surface area contributed by atoms with Gasteiger partial charge in [-0.25, -0.2) is 4.68 Å². The number of aromatic nitrogens is 2. The van der Waals surface area contributed by atoms with E-state index in [1.807, 2.05) is 60.7 Å². The summed E-state index contributed by atoms with van der Waals surface area (Å²) in [6, 6.07) is 27.3. The van der Waals surface area contributed by atoms with Gasteiger partial charge in [-0.1, -0.05) is 48.5 Å². The second-order valence-corrected chi connectivity index (χ2v) is 6.66. The summed E-state index contributed by atoms with van der Waals surface area (Å²) in [5.41, 5.74) is 7.86. The molecule has 0 atom stereocenters. The van der Waals surface area contributed by atoms with Gasteiger partial charge in [0.25, 0.3) is 11.8 Å². The highest BCUT2D eigenvalue weighted by molar-refractivity contribution is 5.98. The Labute approximate surface area is 179 Å². The SMILES string of the molecule is COc1ccc(-n2nc(C(=O)NNC(=O)c3ccccc3)cc2-c2ccccc2)cc1. The van der Waals surface area contributed by atoms with Crippen molar-refractivity contribution >= 4 is 11.8 Å². The lowest BCUT2D eigenvalue weighted by Crippen LogP contribution is -2.41. The van der Waals surface area contributed by atoms with E-state index >= 15 is 0 Å². The quantitative estimate of drug-likeness (QED) is 0.490. The van der Waals surface area contributed by atoms with Crippen molar-refractivity contribution in [1.29, 1.82) is 0 Å². The number of hydrogen-bond donors (Lipinski definition) is 2. The maximum atomic E-state index is 12.7. The van der Waals surface area contributed by atoms with Crippen LogP contribution < -0.4 is 15.6 Å². The normalized spacial score (nSPS) is 10.4. The molecule has 7 nitrogen and oxygen atoms in total. The van der Waals surface area contributed by atoms with Crippen LogP contribution in [-0.2, 0) is 0 Å². The van der Waals surface area contributed by atoms with Gasteiger partial charge < -0.3 is 4.74 Å². The van der Waals surface area contributed by atoms with Crippen LogP contribution in [0, 0.1) is 0 Å². The Morgan fingerprint density at radius 1 is 0.806 bits per heavy atom. The van der Waals surface area contributed by atoms with E-state index in [4.69, 9.17) is 4.74 Å². The first-order valence-corrected chi connectivity index (χ1v) is 9.61. The molecule has 0 unspecified atom stereocenters. The van der Waals surface area contributed by atoms with Crippen LogP contribution in [0.3, 0.4) is 0 Å². The van der Waals surface area contributed by atoms with Gasteiger partial charge in [-0.05, 0) is 42.5 Å². The molecule has 0 fully saturated rings. The first-order chi connectivity index (χ1) is 15.2. The fraction of sp³-hybridized carbons (Fsp3) is 0.0417. The highest BCUT2D eigenvalue weighted by Crippen LogP contribution is 2.25. The summed E-state index contributed by atoms with van der Waals surface area (Å²) < 4.78 is 6.90. The van der Waals surface area contributed by atoms with Crippen LogP contribution in [0.2, 0.25) is 0 Å². The third kappa shape index (κ3) is 4.45. The number of carbonyl (C=O) groups excluding carboxylic acids is 2. The molecule has 0 aliphatic heterocycles. The van der Waals surface area contributed by atoms with Crippen molar-refractivity contribution in [2.45, 2.75) is 0 Å². The Kier molecular flexibility index (Phi) is 5.75. The van der Waals surface area contributed by atoms with E-state index in [9.17, 15) is 9.59 Å². The van der Waals surface area contributed by atoms with Crippen LogP contribution in [0.4, 0.5) is 0 Å². The van der Waals surface area contributed by atoms with Gasteiger partial charge in [-0.3, -0.25) is 20.4 Å². The van der Waals surface area contributed by atoms with Crippen LogP contribution in [0.1, 0.15) is 20.8 Å². The Bertz CT molecular complexity index is 1190. The molecule has 0 saturated carbocycles. The van der Waals surface area contributed by atoms with Crippen molar-refractivity contribution in [3.8, 4) is 22.7 Å². The molecule has 4 rings (SSSR count). The van der Waals surface area contributed by atoms with Crippen LogP contribution in [0.5, 0.6) is 5.75 Å². The molecule has 2 N–H and O–H groups in total. The monoisotopic (exact) mass is 412 g/mol. The molecule has 1 aromatic heterocycles. The summed E-state index contributed by atoms with van der Waals surface area (Å²) in [7, 11) is 1.60. The lowest BCUT2D eigenvalue weighted by molar-refractivity contribution is 0.0843. The Hall–Kier alpha value is -4.39. The number of hydrogen-bond acceptors (Lipinski definition) is 4. The lowest BCUT2D eigenvalue weighted by atomic mass is 10.1. The number of methoxy groups -OCH3 is 1. The third-order valence-electron chi connectivity index (χ3n) is 4.65. The molecule has 4 aromatic rings. The van der Waals surface area contributed by atoms with Crippen molar-refractivity contribution in [3.05, 3.63) is 102 Å². The van der Waals surface area contributed by atoms with Gasteiger partial charge in [0, 0.05) is 11.1 Å². The molecule has 154 valence electrons.